The van der Waals surface area contributed by atoms with Gasteiger partial charge in [-0.15, -0.1) is 6.42 Å². The van der Waals surface area contributed by atoms with E-state index in [1.54, 1.807) is 37.3 Å². The van der Waals surface area contributed by atoms with Gasteiger partial charge in [0.1, 0.15) is 12.4 Å². The third kappa shape index (κ3) is 4.95. The number of H-pyrrole nitrogens is 1. The van der Waals surface area contributed by atoms with Crippen molar-refractivity contribution >= 4 is 27.8 Å². The van der Waals surface area contributed by atoms with Crippen LogP contribution in [0.25, 0.3) is 6.08 Å². The molecular formula is C18H19BrF2N2O2. The topological polar surface area (TPSA) is 45.3 Å². The Labute approximate surface area is 154 Å². The van der Waals surface area contributed by atoms with Crippen LogP contribution in [0.4, 0.5) is 8.78 Å². The highest BCUT2D eigenvalue weighted by Crippen LogP contribution is 2.29. The van der Waals surface area contributed by atoms with E-state index in [2.05, 4.69) is 26.8 Å². The van der Waals surface area contributed by atoms with E-state index in [9.17, 15) is 13.6 Å². The Hall–Kier alpha value is -2.07. The predicted octanol–water partition coefficient (Wildman–Crippen LogP) is 3.61. The summed E-state index contributed by atoms with van der Waals surface area (Å²) in [4.78, 5) is 17.2. The summed E-state index contributed by atoms with van der Waals surface area (Å²) in [6.45, 7) is -0.660. The normalized spacial score (nSPS) is 17.4. The second-order valence-electron chi connectivity index (χ2n) is 5.85. The quantitative estimate of drug-likeness (QED) is 0.336. The molecule has 4 nitrogen and oxygen atoms in total. The molecule has 1 N–H and O–H groups in total. The Morgan fingerprint density at radius 2 is 2.32 bits per heavy atom. The van der Waals surface area contributed by atoms with Gasteiger partial charge in [0.15, 0.2) is 0 Å². The fraction of sp³-hybridized carbons (Fsp3) is 0.389. The molecule has 0 saturated heterocycles. The van der Waals surface area contributed by atoms with Crippen LogP contribution in [-0.2, 0) is 11.2 Å². The summed E-state index contributed by atoms with van der Waals surface area (Å²) in [6, 6.07) is 1.68. The first-order valence-electron chi connectivity index (χ1n) is 7.69. The van der Waals surface area contributed by atoms with Crippen LogP contribution in [0.15, 0.2) is 23.6 Å². The number of carbonyl (C=O) groups excluding carboxylic acids is 1. The largest absolute Gasteiger partial charge is 0.491 e. The van der Waals surface area contributed by atoms with E-state index in [-0.39, 0.29) is 16.2 Å². The fourth-order valence-corrected chi connectivity index (χ4v) is 2.98. The molecule has 1 aromatic heterocycles. The molecule has 0 spiro atoms. The SMILES string of the molecule is C#C/C(=C\N(C)C)C(=O)c1cc2c([nH]1)CCC(Br)C(OCC(F)F)=C2. The molecule has 0 aliphatic heterocycles. The van der Waals surface area contributed by atoms with Crippen LogP contribution >= 0.6 is 15.9 Å². The second-order valence-corrected chi connectivity index (χ2v) is 6.96. The first-order valence-corrected chi connectivity index (χ1v) is 8.61. The number of aromatic nitrogens is 1. The van der Waals surface area contributed by atoms with Gasteiger partial charge in [0.05, 0.1) is 16.1 Å². The van der Waals surface area contributed by atoms with Gasteiger partial charge in [-0.25, -0.2) is 8.78 Å². The van der Waals surface area contributed by atoms with E-state index in [0.717, 1.165) is 11.3 Å². The van der Waals surface area contributed by atoms with Gasteiger partial charge in [0.25, 0.3) is 6.43 Å². The van der Waals surface area contributed by atoms with E-state index in [0.29, 0.717) is 24.3 Å². The van der Waals surface area contributed by atoms with Crippen LogP contribution in [-0.4, -0.2) is 47.6 Å². The highest BCUT2D eigenvalue weighted by molar-refractivity contribution is 9.09. The van der Waals surface area contributed by atoms with E-state index >= 15 is 0 Å². The number of hydrogen-bond acceptors (Lipinski definition) is 3. The number of nitrogens with one attached hydrogen (secondary N) is 1. The lowest BCUT2D eigenvalue weighted by Crippen LogP contribution is -2.11. The van der Waals surface area contributed by atoms with E-state index in [4.69, 9.17) is 11.2 Å². The number of ether oxygens (including phenoxy) is 1. The van der Waals surface area contributed by atoms with Crippen molar-refractivity contribution in [3.63, 3.8) is 0 Å². The Kier molecular flexibility index (Phi) is 6.43. The molecule has 2 rings (SSSR count). The molecule has 0 radical (unpaired) electrons. The zero-order valence-electron chi connectivity index (χ0n) is 14.0. The van der Waals surface area contributed by atoms with Crippen molar-refractivity contribution in [1.82, 2.24) is 9.88 Å². The maximum Gasteiger partial charge on any atom is 0.272 e. The predicted molar refractivity (Wildman–Crippen MR) is 96.7 cm³/mol. The first kappa shape index (κ1) is 19.3. The Morgan fingerprint density at radius 1 is 1.60 bits per heavy atom. The lowest BCUT2D eigenvalue weighted by Gasteiger charge is -2.13. The van der Waals surface area contributed by atoms with Crippen LogP contribution < -0.4 is 0 Å². The number of ketones is 1. The molecule has 134 valence electrons. The zero-order valence-corrected chi connectivity index (χ0v) is 15.6. The summed E-state index contributed by atoms with van der Waals surface area (Å²) in [7, 11) is 3.56. The third-order valence-corrected chi connectivity index (χ3v) is 4.51. The first-order chi connectivity index (χ1) is 11.8. The monoisotopic (exact) mass is 412 g/mol. The van der Waals surface area contributed by atoms with Gasteiger partial charge in [-0.05, 0) is 30.5 Å². The van der Waals surface area contributed by atoms with Crippen LogP contribution in [0.2, 0.25) is 0 Å². The molecule has 1 unspecified atom stereocenters. The second kappa shape index (κ2) is 8.34. The van der Waals surface area contributed by atoms with Crippen molar-refractivity contribution in [2.24, 2.45) is 0 Å². The van der Waals surface area contributed by atoms with Gasteiger partial charge in [-0.1, -0.05) is 21.9 Å². The van der Waals surface area contributed by atoms with Gasteiger partial charge >= 0.3 is 0 Å². The number of rotatable bonds is 6. The summed E-state index contributed by atoms with van der Waals surface area (Å²) >= 11 is 3.45. The number of nitrogens with zero attached hydrogens (tertiary/aromatic N) is 1. The minimum absolute atomic E-state index is 0.152. The van der Waals surface area contributed by atoms with Crippen molar-refractivity contribution in [3.8, 4) is 12.3 Å². The molecule has 25 heavy (non-hydrogen) atoms. The minimum atomic E-state index is -2.54. The summed E-state index contributed by atoms with van der Waals surface area (Å²) in [5, 5.41) is 0. The number of aromatic amines is 1. The zero-order chi connectivity index (χ0) is 18.6. The molecule has 0 bridgehead atoms. The number of terminal acetylenes is 1. The van der Waals surface area contributed by atoms with Crippen molar-refractivity contribution < 1.29 is 18.3 Å². The maximum absolute atomic E-state index is 12.5. The average Bonchev–Trinajstić information content (AvgIpc) is 2.89. The number of aryl methyl sites for hydroxylation is 1. The smallest absolute Gasteiger partial charge is 0.272 e. The van der Waals surface area contributed by atoms with E-state index in [1.165, 1.54) is 0 Å². The van der Waals surface area contributed by atoms with E-state index in [1.807, 2.05) is 0 Å². The summed E-state index contributed by atoms with van der Waals surface area (Å²) < 4.78 is 30.0. The van der Waals surface area contributed by atoms with Crippen LogP contribution in [0.3, 0.4) is 0 Å². The van der Waals surface area contributed by atoms with Gasteiger partial charge in [0.2, 0.25) is 5.78 Å². The molecule has 1 aromatic rings. The molecule has 1 aliphatic rings. The number of hydrogen-bond donors (Lipinski definition) is 1. The highest BCUT2D eigenvalue weighted by atomic mass is 79.9. The van der Waals surface area contributed by atoms with Gasteiger partial charge in [0, 0.05) is 26.0 Å². The van der Waals surface area contributed by atoms with E-state index < -0.39 is 13.0 Å². The number of carbonyl (C=O) groups is 1. The third-order valence-electron chi connectivity index (χ3n) is 3.60. The molecule has 1 heterocycles. The summed E-state index contributed by atoms with van der Waals surface area (Å²) in [6.07, 6.45) is 7.46. The number of halogens is 3. The molecule has 0 fully saturated rings. The van der Waals surface area contributed by atoms with Gasteiger partial charge < -0.3 is 14.6 Å². The highest BCUT2D eigenvalue weighted by Gasteiger charge is 2.23. The number of Topliss-reactive ketones (excluding diaryl/α,β-unsaturated/α-hetero) is 1. The summed E-state index contributed by atoms with van der Waals surface area (Å²) in [5.41, 5.74) is 2.20. The number of fused-ring (bicyclic) bond motifs is 1. The Balaban J connectivity index is 2.31. The Morgan fingerprint density at radius 3 is 2.92 bits per heavy atom. The molecular weight excluding hydrogens is 394 g/mol. The maximum atomic E-state index is 12.5. The molecule has 7 heteroatoms. The van der Waals surface area contributed by atoms with Crippen molar-refractivity contribution in [3.05, 3.63) is 40.5 Å². The standard InChI is InChI=1S/C18H19BrF2N2O2/c1-4-11(9-23(2)3)18(24)15-7-12-8-16(25-10-17(20)21)13(19)5-6-14(12)22-15/h1,7-9,13,17,22H,5-6,10H2,2-3H3/b11-9+. The average molecular weight is 413 g/mol. The van der Waals surface area contributed by atoms with Gasteiger partial charge in [-0.3, -0.25) is 4.79 Å². The molecule has 0 amide bonds. The lowest BCUT2D eigenvalue weighted by molar-refractivity contribution is 0.0480. The molecule has 0 aromatic carbocycles. The molecule has 1 atom stereocenters. The summed E-state index contributed by atoms with van der Waals surface area (Å²) in [5.74, 6) is 2.53. The lowest BCUT2D eigenvalue weighted by atomic mass is 10.1. The fourth-order valence-electron chi connectivity index (χ4n) is 2.48. The van der Waals surface area contributed by atoms with Crippen LogP contribution in [0, 0.1) is 12.3 Å². The number of alkyl halides is 3. The van der Waals surface area contributed by atoms with Crippen molar-refractivity contribution in [2.75, 3.05) is 20.7 Å². The van der Waals surface area contributed by atoms with Gasteiger partial charge in [-0.2, -0.15) is 0 Å². The number of allylic oxidation sites excluding steroid dienone is 2. The van der Waals surface area contributed by atoms with Crippen LogP contribution in [0.1, 0.15) is 28.2 Å². The molecule has 1 aliphatic carbocycles. The molecule has 0 saturated carbocycles. The van der Waals surface area contributed by atoms with Crippen molar-refractivity contribution in [2.45, 2.75) is 24.1 Å². The van der Waals surface area contributed by atoms with Crippen LogP contribution in [0.5, 0.6) is 0 Å². The Bertz CT molecular complexity index is 745. The minimum Gasteiger partial charge on any atom is -0.491 e. The van der Waals surface area contributed by atoms with Crippen molar-refractivity contribution in [1.29, 1.82) is 0 Å².